The van der Waals surface area contributed by atoms with Gasteiger partial charge in [-0.2, -0.15) is 4.31 Å². The molecule has 1 aliphatic carbocycles. The van der Waals surface area contributed by atoms with Gasteiger partial charge in [0.2, 0.25) is 10.0 Å². The molecule has 1 aliphatic heterocycles. The van der Waals surface area contributed by atoms with Crippen molar-refractivity contribution in [1.82, 2.24) is 14.1 Å². The molecule has 0 unspecified atom stereocenters. The maximum absolute atomic E-state index is 13.8. The quantitative estimate of drug-likeness (QED) is 0.321. The molecule has 8 nitrogen and oxygen atoms in total. The molecule has 3 aromatic rings. The predicted molar refractivity (Wildman–Crippen MR) is 154 cm³/mol. The van der Waals surface area contributed by atoms with Crippen LogP contribution in [0.25, 0.3) is 0 Å². The molecule has 0 atom stereocenters. The molecule has 0 bridgehead atoms. The van der Waals surface area contributed by atoms with Crippen molar-refractivity contribution in [2.75, 3.05) is 27.2 Å². The maximum atomic E-state index is 13.8. The molecule has 1 aromatic heterocycles. The zero-order chi connectivity index (χ0) is 28.4. The second-order valence-electron chi connectivity index (χ2n) is 11.1. The van der Waals surface area contributed by atoms with Crippen LogP contribution >= 0.6 is 0 Å². The normalized spacial score (nSPS) is 16.0. The summed E-state index contributed by atoms with van der Waals surface area (Å²) >= 11 is 0. The maximum Gasteiger partial charge on any atom is 0.257 e. The van der Waals surface area contributed by atoms with Crippen LogP contribution in [0.4, 0.5) is 0 Å². The highest BCUT2D eigenvalue weighted by atomic mass is 32.2. The van der Waals surface area contributed by atoms with Gasteiger partial charge in [0, 0.05) is 26.2 Å². The minimum absolute atomic E-state index is 0.0768. The molecule has 2 aliphatic rings. The summed E-state index contributed by atoms with van der Waals surface area (Å²) in [6.07, 6.45) is 5.59. The Hall–Kier alpha value is -3.14. The Morgan fingerprint density at radius 2 is 1.62 bits per heavy atom. The van der Waals surface area contributed by atoms with Crippen molar-refractivity contribution in [1.29, 1.82) is 0 Å². The van der Waals surface area contributed by atoms with Gasteiger partial charge in [0.25, 0.3) is 5.91 Å². The van der Waals surface area contributed by atoms with E-state index in [1.165, 1.54) is 29.0 Å². The molecule has 2 aromatic carbocycles. The van der Waals surface area contributed by atoms with E-state index in [4.69, 9.17) is 9.15 Å². The number of sulfonamides is 1. The van der Waals surface area contributed by atoms with Gasteiger partial charge in [-0.15, -0.1) is 0 Å². The van der Waals surface area contributed by atoms with E-state index in [1.807, 2.05) is 0 Å². The molecule has 0 radical (unpaired) electrons. The number of benzene rings is 2. The summed E-state index contributed by atoms with van der Waals surface area (Å²) in [7, 11) is -0.448. The number of aryl methyl sites for hydroxylation is 2. The number of rotatable bonds is 11. The summed E-state index contributed by atoms with van der Waals surface area (Å²) in [6.45, 7) is 7.42. The largest absolute Gasteiger partial charge is 0.497 e. The van der Waals surface area contributed by atoms with Crippen molar-refractivity contribution >= 4 is 15.9 Å². The fourth-order valence-electron chi connectivity index (χ4n) is 5.57. The summed E-state index contributed by atoms with van der Waals surface area (Å²) in [4.78, 5) is 17.6. The van der Waals surface area contributed by atoms with Crippen LogP contribution in [-0.4, -0.2) is 61.7 Å². The van der Waals surface area contributed by atoms with Gasteiger partial charge in [0.05, 0.1) is 24.1 Å². The second kappa shape index (κ2) is 11.8. The van der Waals surface area contributed by atoms with Crippen LogP contribution < -0.4 is 4.74 Å². The van der Waals surface area contributed by atoms with E-state index in [1.54, 1.807) is 51.1 Å². The van der Waals surface area contributed by atoms with Crippen molar-refractivity contribution in [3.63, 3.8) is 0 Å². The average molecular weight is 566 g/mol. The Balaban J connectivity index is 1.25. The summed E-state index contributed by atoms with van der Waals surface area (Å²) in [6, 6.07) is 13.5. The minimum Gasteiger partial charge on any atom is -0.497 e. The summed E-state index contributed by atoms with van der Waals surface area (Å²) in [5.41, 5.74) is 4.04. The first-order valence-corrected chi connectivity index (χ1v) is 15.4. The Morgan fingerprint density at radius 3 is 2.23 bits per heavy atom. The molecule has 1 saturated carbocycles. The van der Waals surface area contributed by atoms with E-state index < -0.39 is 10.0 Å². The van der Waals surface area contributed by atoms with E-state index in [2.05, 4.69) is 29.2 Å². The lowest BCUT2D eigenvalue weighted by molar-refractivity contribution is 0.0784. The number of methoxy groups -OCH3 is 1. The SMILES string of the molecule is COc1cc(C)c(S(=O)(=O)N(Cc2cc(C(=O)N(C)Cc3ccc(CN4CCCC4)cc3)co2)C2CC2)c(C)c1. The first-order chi connectivity index (χ1) is 19.2. The number of furan rings is 1. The van der Waals surface area contributed by atoms with Crippen molar-refractivity contribution in [2.24, 2.45) is 0 Å². The van der Waals surface area contributed by atoms with Gasteiger partial charge in [0.1, 0.15) is 17.8 Å². The average Bonchev–Trinajstić information content (AvgIpc) is 3.41. The van der Waals surface area contributed by atoms with Gasteiger partial charge in [-0.3, -0.25) is 9.69 Å². The molecule has 5 rings (SSSR count). The van der Waals surface area contributed by atoms with Crippen molar-refractivity contribution in [3.05, 3.63) is 82.3 Å². The van der Waals surface area contributed by atoms with E-state index in [9.17, 15) is 13.2 Å². The predicted octanol–water partition coefficient (Wildman–Crippen LogP) is 5.13. The lowest BCUT2D eigenvalue weighted by atomic mass is 10.1. The van der Waals surface area contributed by atoms with Crippen LogP contribution in [0, 0.1) is 13.8 Å². The zero-order valence-corrected chi connectivity index (χ0v) is 24.7. The van der Waals surface area contributed by atoms with Crippen LogP contribution in [0.1, 0.15) is 64.1 Å². The molecule has 9 heteroatoms. The molecule has 0 N–H and O–H groups in total. The minimum atomic E-state index is -3.78. The fraction of sp³-hybridized carbons (Fsp3) is 0.452. The van der Waals surface area contributed by atoms with Crippen LogP contribution in [0.5, 0.6) is 5.75 Å². The van der Waals surface area contributed by atoms with Crippen LogP contribution in [0.3, 0.4) is 0 Å². The molecule has 2 fully saturated rings. The second-order valence-corrected chi connectivity index (χ2v) is 13.0. The van der Waals surface area contributed by atoms with E-state index >= 15 is 0 Å². The molecule has 1 saturated heterocycles. The molecule has 40 heavy (non-hydrogen) atoms. The number of carbonyl (C=O) groups is 1. The molecular weight excluding hydrogens is 526 g/mol. The summed E-state index contributed by atoms with van der Waals surface area (Å²) in [5, 5.41) is 0. The van der Waals surface area contributed by atoms with Gasteiger partial charge >= 0.3 is 0 Å². The molecule has 0 spiro atoms. The van der Waals surface area contributed by atoms with Crippen LogP contribution in [0.2, 0.25) is 0 Å². The topological polar surface area (TPSA) is 83.3 Å². The lowest BCUT2D eigenvalue weighted by Crippen LogP contribution is -2.33. The number of hydrogen-bond donors (Lipinski definition) is 0. The molecule has 2 heterocycles. The third-order valence-electron chi connectivity index (χ3n) is 7.80. The Kier molecular flexibility index (Phi) is 8.35. The van der Waals surface area contributed by atoms with Gasteiger partial charge in [-0.05, 0) is 93.1 Å². The van der Waals surface area contributed by atoms with Crippen molar-refractivity contribution < 1.29 is 22.4 Å². The number of likely N-dealkylation sites (tertiary alicyclic amines) is 1. The highest BCUT2D eigenvalue weighted by molar-refractivity contribution is 7.89. The van der Waals surface area contributed by atoms with E-state index in [0.717, 1.165) is 38.0 Å². The highest BCUT2D eigenvalue weighted by Crippen LogP contribution is 2.36. The molecule has 214 valence electrons. The Bertz CT molecular complexity index is 1430. The van der Waals surface area contributed by atoms with Gasteiger partial charge < -0.3 is 14.1 Å². The van der Waals surface area contributed by atoms with Crippen LogP contribution in [0.15, 0.2) is 58.0 Å². The highest BCUT2D eigenvalue weighted by Gasteiger charge is 2.40. The van der Waals surface area contributed by atoms with Gasteiger partial charge in [-0.25, -0.2) is 8.42 Å². The van der Waals surface area contributed by atoms with E-state index in [0.29, 0.717) is 39.6 Å². The van der Waals surface area contributed by atoms with Gasteiger partial charge in [-0.1, -0.05) is 24.3 Å². The third-order valence-corrected chi connectivity index (χ3v) is 10.0. The monoisotopic (exact) mass is 565 g/mol. The van der Waals surface area contributed by atoms with Crippen LogP contribution in [-0.2, 0) is 29.7 Å². The number of ether oxygens (including phenoxy) is 1. The fourth-order valence-corrected chi connectivity index (χ4v) is 7.64. The Labute approximate surface area is 237 Å². The number of amides is 1. The zero-order valence-electron chi connectivity index (χ0n) is 23.9. The summed E-state index contributed by atoms with van der Waals surface area (Å²) in [5.74, 6) is 0.907. The number of hydrogen-bond acceptors (Lipinski definition) is 6. The summed E-state index contributed by atoms with van der Waals surface area (Å²) < 4.78 is 40.1. The number of nitrogens with zero attached hydrogens (tertiary/aromatic N) is 3. The lowest BCUT2D eigenvalue weighted by Gasteiger charge is -2.23. The van der Waals surface area contributed by atoms with Crippen molar-refractivity contribution in [3.8, 4) is 5.75 Å². The standard InChI is InChI=1S/C31H39N3O5S/c1-22-15-28(38-4)16-23(2)30(22)40(36,37)34(27-11-12-27)20-29-17-26(21-39-29)31(35)32(3)18-24-7-9-25(10-8-24)19-33-13-5-6-14-33/h7-10,15-17,21,27H,5-6,11-14,18-20H2,1-4H3. The van der Waals surface area contributed by atoms with E-state index in [-0.39, 0.29) is 18.5 Å². The smallest absolute Gasteiger partial charge is 0.257 e. The Morgan fingerprint density at radius 1 is 1.00 bits per heavy atom. The first kappa shape index (κ1) is 28.4. The number of carbonyl (C=O) groups excluding carboxylic acids is 1. The van der Waals surface area contributed by atoms with Gasteiger partial charge in [0.15, 0.2) is 0 Å². The first-order valence-electron chi connectivity index (χ1n) is 14.0. The third kappa shape index (κ3) is 6.27. The van der Waals surface area contributed by atoms with Crippen molar-refractivity contribution in [2.45, 2.75) is 70.1 Å². The molecular formula is C31H39N3O5S. The molecule has 1 amide bonds.